The number of anilines is 2. The van der Waals surface area contributed by atoms with Gasteiger partial charge in [-0.2, -0.15) is 0 Å². The molecule has 0 bridgehead atoms. The number of aromatic nitrogens is 3. The van der Waals surface area contributed by atoms with Crippen molar-refractivity contribution < 1.29 is 0 Å². The van der Waals surface area contributed by atoms with Crippen LogP contribution in [0.4, 0.5) is 11.8 Å². The molecule has 0 radical (unpaired) electrons. The van der Waals surface area contributed by atoms with Crippen LogP contribution in [0.3, 0.4) is 0 Å². The summed E-state index contributed by atoms with van der Waals surface area (Å²) in [5.74, 6) is 1.60. The normalized spacial score (nSPS) is 14.5. The van der Waals surface area contributed by atoms with Gasteiger partial charge in [0.15, 0.2) is 0 Å². The molecule has 146 valence electrons. The summed E-state index contributed by atoms with van der Waals surface area (Å²) in [6.45, 7) is 3.19. The van der Waals surface area contributed by atoms with E-state index in [2.05, 4.69) is 19.8 Å². The van der Waals surface area contributed by atoms with Crippen LogP contribution in [-0.2, 0) is 0 Å². The van der Waals surface area contributed by atoms with Gasteiger partial charge in [-0.1, -0.05) is 29.8 Å². The number of nitrogens with one attached hydrogen (secondary N) is 1. The SMILES string of the molecule is O=c1[nH]c(N2CCN(c3ccccn3)CC2)nc2c(-c3ccc(Cl)cc3)csc12. The number of benzene rings is 1. The Morgan fingerprint density at radius 3 is 2.48 bits per heavy atom. The molecule has 0 spiro atoms. The minimum Gasteiger partial charge on any atom is -0.353 e. The first-order valence-corrected chi connectivity index (χ1v) is 10.6. The van der Waals surface area contributed by atoms with E-state index in [9.17, 15) is 4.79 Å². The molecule has 1 N–H and O–H groups in total. The van der Waals surface area contributed by atoms with E-state index >= 15 is 0 Å². The highest BCUT2D eigenvalue weighted by Gasteiger charge is 2.21. The van der Waals surface area contributed by atoms with Gasteiger partial charge in [0.25, 0.3) is 5.56 Å². The average Bonchev–Trinajstić information content (AvgIpc) is 3.20. The second-order valence-corrected chi connectivity index (χ2v) is 8.20. The van der Waals surface area contributed by atoms with Gasteiger partial charge in [0.1, 0.15) is 10.5 Å². The number of piperazine rings is 1. The first kappa shape index (κ1) is 18.1. The number of halogens is 1. The third-order valence-corrected chi connectivity index (χ3v) is 6.34. The highest BCUT2D eigenvalue weighted by atomic mass is 35.5. The number of H-pyrrole nitrogens is 1. The molecule has 4 aromatic rings. The topological polar surface area (TPSA) is 65.1 Å². The lowest BCUT2D eigenvalue weighted by molar-refractivity contribution is 0.635. The van der Waals surface area contributed by atoms with Gasteiger partial charge in [0.05, 0.1) is 5.52 Å². The second-order valence-electron chi connectivity index (χ2n) is 6.89. The molecule has 1 saturated heterocycles. The minimum atomic E-state index is -0.0950. The van der Waals surface area contributed by atoms with Gasteiger partial charge in [-0.3, -0.25) is 9.78 Å². The van der Waals surface area contributed by atoms with Crippen LogP contribution in [0.15, 0.2) is 58.8 Å². The number of nitrogens with zero attached hydrogens (tertiary/aromatic N) is 4. The summed E-state index contributed by atoms with van der Waals surface area (Å²) in [7, 11) is 0. The molecule has 3 aromatic heterocycles. The van der Waals surface area contributed by atoms with Crippen molar-refractivity contribution in [2.45, 2.75) is 0 Å². The Balaban J connectivity index is 1.45. The van der Waals surface area contributed by atoms with Crippen molar-refractivity contribution in [3.05, 3.63) is 69.4 Å². The van der Waals surface area contributed by atoms with Gasteiger partial charge >= 0.3 is 0 Å². The second kappa shape index (κ2) is 7.50. The Labute approximate surface area is 176 Å². The van der Waals surface area contributed by atoms with Crippen molar-refractivity contribution in [1.29, 1.82) is 0 Å². The van der Waals surface area contributed by atoms with E-state index in [0.29, 0.717) is 15.7 Å². The zero-order valence-electron chi connectivity index (χ0n) is 15.5. The van der Waals surface area contributed by atoms with Crippen molar-refractivity contribution in [1.82, 2.24) is 15.0 Å². The molecule has 0 aliphatic carbocycles. The molecule has 1 fully saturated rings. The van der Waals surface area contributed by atoms with Crippen LogP contribution >= 0.6 is 22.9 Å². The largest absolute Gasteiger partial charge is 0.353 e. The zero-order valence-corrected chi connectivity index (χ0v) is 17.1. The average molecular weight is 424 g/mol. The van der Waals surface area contributed by atoms with Crippen LogP contribution < -0.4 is 15.4 Å². The Morgan fingerprint density at radius 1 is 1.00 bits per heavy atom. The van der Waals surface area contributed by atoms with Crippen LogP contribution in [-0.4, -0.2) is 41.1 Å². The molecule has 0 atom stereocenters. The molecule has 0 saturated carbocycles. The predicted molar refractivity (Wildman–Crippen MR) is 119 cm³/mol. The Kier molecular flexibility index (Phi) is 4.69. The molecule has 1 aromatic carbocycles. The Hall–Kier alpha value is -2.90. The molecule has 1 aliphatic rings. The molecule has 29 heavy (non-hydrogen) atoms. The molecular weight excluding hydrogens is 406 g/mol. The number of fused-ring (bicyclic) bond motifs is 1. The van der Waals surface area contributed by atoms with Gasteiger partial charge in [0.2, 0.25) is 5.95 Å². The summed E-state index contributed by atoms with van der Waals surface area (Å²) < 4.78 is 0.644. The minimum absolute atomic E-state index is 0.0950. The van der Waals surface area contributed by atoms with Gasteiger partial charge in [-0.05, 0) is 29.8 Å². The fourth-order valence-corrected chi connectivity index (χ4v) is 4.62. The van der Waals surface area contributed by atoms with E-state index in [1.165, 1.54) is 11.3 Å². The third kappa shape index (κ3) is 3.47. The summed E-state index contributed by atoms with van der Waals surface area (Å²) in [6.07, 6.45) is 1.81. The number of aromatic amines is 1. The third-order valence-electron chi connectivity index (χ3n) is 5.12. The van der Waals surface area contributed by atoms with Crippen LogP contribution in [0.2, 0.25) is 5.02 Å². The van der Waals surface area contributed by atoms with E-state index in [1.807, 2.05) is 54.0 Å². The van der Waals surface area contributed by atoms with Gasteiger partial charge < -0.3 is 9.80 Å². The summed E-state index contributed by atoms with van der Waals surface area (Å²) in [5, 5.41) is 2.67. The van der Waals surface area contributed by atoms with Crippen LogP contribution in [0.1, 0.15) is 0 Å². The Bertz CT molecular complexity index is 1200. The van der Waals surface area contributed by atoms with Crippen molar-refractivity contribution in [2.75, 3.05) is 36.0 Å². The van der Waals surface area contributed by atoms with Crippen LogP contribution in [0, 0.1) is 0 Å². The summed E-state index contributed by atoms with van der Waals surface area (Å²) in [6, 6.07) is 13.6. The number of rotatable bonds is 3. The lowest BCUT2D eigenvalue weighted by atomic mass is 10.1. The van der Waals surface area contributed by atoms with Crippen molar-refractivity contribution >= 4 is 44.9 Å². The molecule has 0 amide bonds. The van der Waals surface area contributed by atoms with Gasteiger partial charge in [-0.25, -0.2) is 9.97 Å². The molecule has 6 nitrogen and oxygen atoms in total. The van der Waals surface area contributed by atoms with Gasteiger partial charge in [-0.15, -0.1) is 11.3 Å². The van der Waals surface area contributed by atoms with Crippen molar-refractivity contribution in [3.63, 3.8) is 0 Å². The maximum absolute atomic E-state index is 12.7. The maximum atomic E-state index is 12.7. The molecule has 0 unspecified atom stereocenters. The summed E-state index contributed by atoms with van der Waals surface area (Å²) in [5.41, 5.74) is 2.61. The molecule has 8 heteroatoms. The predicted octanol–water partition coefficient (Wildman–Crippen LogP) is 4.03. The van der Waals surface area contributed by atoms with E-state index in [-0.39, 0.29) is 5.56 Å². The monoisotopic (exact) mass is 423 g/mol. The number of thiophene rings is 1. The molecule has 4 heterocycles. The molecule has 1 aliphatic heterocycles. The first-order chi connectivity index (χ1) is 14.2. The van der Waals surface area contributed by atoms with Crippen molar-refractivity contribution in [3.8, 4) is 11.1 Å². The standard InChI is InChI=1S/C21H18ClN5OS/c22-15-6-4-14(5-7-15)16-13-29-19-18(16)24-21(25-20(19)28)27-11-9-26(10-12-27)17-3-1-2-8-23-17/h1-8,13H,9-12H2,(H,24,25,28). The van der Waals surface area contributed by atoms with Crippen molar-refractivity contribution in [2.24, 2.45) is 0 Å². The number of hydrogen-bond acceptors (Lipinski definition) is 6. The van der Waals surface area contributed by atoms with E-state index in [1.54, 1.807) is 0 Å². The summed E-state index contributed by atoms with van der Waals surface area (Å²) in [4.78, 5) is 29.3. The molecule has 5 rings (SSSR count). The van der Waals surface area contributed by atoms with Crippen LogP contribution in [0.25, 0.3) is 21.3 Å². The number of pyridine rings is 1. The van der Waals surface area contributed by atoms with Gasteiger partial charge in [0, 0.05) is 48.3 Å². The first-order valence-electron chi connectivity index (χ1n) is 9.37. The van der Waals surface area contributed by atoms with E-state index < -0.39 is 0 Å². The number of hydrogen-bond donors (Lipinski definition) is 1. The van der Waals surface area contributed by atoms with Crippen LogP contribution in [0.5, 0.6) is 0 Å². The molecular formula is C21H18ClN5OS. The van der Waals surface area contributed by atoms with E-state index in [0.717, 1.165) is 48.6 Å². The summed E-state index contributed by atoms with van der Waals surface area (Å²) >= 11 is 7.43. The smallest absolute Gasteiger partial charge is 0.270 e. The van der Waals surface area contributed by atoms with E-state index in [4.69, 9.17) is 16.6 Å². The highest BCUT2D eigenvalue weighted by molar-refractivity contribution is 7.17. The maximum Gasteiger partial charge on any atom is 0.270 e. The fraction of sp³-hybridized carbons (Fsp3) is 0.190. The lowest BCUT2D eigenvalue weighted by Gasteiger charge is -2.35. The highest BCUT2D eigenvalue weighted by Crippen LogP contribution is 2.32. The zero-order chi connectivity index (χ0) is 19.8. The quantitative estimate of drug-likeness (QED) is 0.539. The Morgan fingerprint density at radius 2 is 1.76 bits per heavy atom. The lowest BCUT2D eigenvalue weighted by Crippen LogP contribution is -2.47. The fourth-order valence-electron chi connectivity index (χ4n) is 3.59.